The monoisotopic (exact) mass is 302 g/mol. The Morgan fingerprint density at radius 1 is 1.20 bits per heavy atom. The Hall–Kier alpha value is -1.11. The molecule has 2 rings (SSSR count). The maximum atomic E-state index is 12.0. The van der Waals surface area contributed by atoms with E-state index in [0.717, 1.165) is 0 Å². The zero-order valence-electron chi connectivity index (χ0n) is 11.8. The molecule has 1 N–H and O–H groups in total. The standard InChI is InChI=1S/C13H22N2O4S/c1-10(16)15-5-2-12(3-6-15)13(17)14-8-11-4-7-20(18,19)9-11/h11-12H,2-9H2,1H3,(H,14,17). The van der Waals surface area contributed by atoms with E-state index in [4.69, 9.17) is 0 Å². The van der Waals surface area contributed by atoms with Crippen LogP contribution in [0, 0.1) is 11.8 Å². The van der Waals surface area contributed by atoms with E-state index in [0.29, 0.717) is 38.9 Å². The highest BCUT2D eigenvalue weighted by atomic mass is 32.2. The Morgan fingerprint density at radius 3 is 2.35 bits per heavy atom. The van der Waals surface area contributed by atoms with Crippen LogP contribution in [0.25, 0.3) is 0 Å². The zero-order valence-corrected chi connectivity index (χ0v) is 12.6. The van der Waals surface area contributed by atoms with Crippen molar-refractivity contribution >= 4 is 21.7 Å². The fourth-order valence-corrected chi connectivity index (χ4v) is 4.74. The van der Waals surface area contributed by atoms with E-state index >= 15 is 0 Å². The molecule has 6 nitrogen and oxygen atoms in total. The second-order valence-corrected chi connectivity index (χ2v) is 8.02. The van der Waals surface area contributed by atoms with Gasteiger partial charge in [0, 0.05) is 32.5 Å². The Bertz CT molecular complexity index is 481. The fraction of sp³-hybridized carbons (Fsp3) is 0.846. The lowest BCUT2D eigenvalue weighted by Crippen LogP contribution is -2.43. The number of likely N-dealkylation sites (tertiary alicyclic amines) is 1. The number of carbonyl (C=O) groups excluding carboxylic acids is 2. The van der Waals surface area contributed by atoms with Crippen LogP contribution in [0.3, 0.4) is 0 Å². The van der Waals surface area contributed by atoms with Crippen LogP contribution in [0.1, 0.15) is 26.2 Å². The van der Waals surface area contributed by atoms with Gasteiger partial charge >= 0.3 is 0 Å². The van der Waals surface area contributed by atoms with Crippen LogP contribution < -0.4 is 5.32 Å². The molecule has 1 atom stereocenters. The average molecular weight is 302 g/mol. The van der Waals surface area contributed by atoms with Gasteiger partial charge in [0.2, 0.25) is 11.8 Å². The fourth-order valence-electron chi connectivity index (χ4n) is 2.88. The van der Waals surface area contributed by atoms with Gasteiger partial charge in [0.05, 0.1) is 11.5 Å². The molecule has 0 bridgehead atoms. The molecule has 0 aromatic carbocycles. The quantitative estimate of drug-likeness (QED) is 0.782. The molecule has 2 aliphatic heterocycles. The molecule has 0 aromatic heterocycles. The maximum Gasteiger partial charge on any atom is 0.223 e. The van der Waals surface area contributed by atoms with Crippen molar-refractivity contribution in [1.29, 1.82) is 0 Å². The minimum absolute atomic E-state index is 0.00231. The third-order valence-electron chi connectivity index (χ3n) is 4.20. The van der Waals surface area contributed by atoms with Crippen LogP contribution in [0.15, 0.2) is 0 Å². The minimum atomic E-state index is -2.88. The molecular formula is C13H22N2O4S. The van der Waals surface area contributed by atoms with Crippen LogP contribution in [-0.2, 0) is 19.4 Å². The van der Waals surface area contributed by atoms with Crippen molar-refractivity contribution < 1.29 is 18.0 Å². The van der Waals surface area contributed by atoms with E-state index in [9.17, 15) is 18.0 Å². The Balaban J connectivity index is 1.72. The summed E-state index contributed by atoms with van der Waals surface area (Å²) in [6.07, 6.45) is 2.02. The molecule has 0 aromatic rings. The Labute approximate surface area is 119 Å². The summed E-state index contributed by atoms with van der Waals surface area (Å²) in [4.78, 5) is 25.0. The summed E-state index contributed by atoms with van der Waals surface area (Å²) < 4.78 is 22.7. The maximum absolute atomic E-state index is 12.0. The highest BCUT2D eigenvalue weighted by Crippen LogP contribution is 2.19. The van der Waals surface area contributed by atoms with Crippen LogP contribution in [-0.4, -0.2) is 56.3 Å². The summed E-state index contributed by atoms with van der Waals surface area (Å²) in [5, 5.41) is 2.87. The van der Waals surface area contributed by atoms with Gasteiger partial charge in [-0.05, 0) is 25.2 Å². The molecule has 0 spiro atoms. The molecule has 2 amide bonds. The zero-order chi connectivity index (χ0) is 14.8. The Morgan fingerprint density at radius 2 is 1.85 bits per heavy atom. The van der Waals surface area contributed by atoms with Gasteiger partial charge in [0.25, 0.3) is 0 Å². The van der Waals surface area contributed by atoms with Crippen molar-refractivity contribution in [2.24, 2.45) is 11.8 Å². The van der Waals surface area contributed by atoms with E-state index in [1.165, 1.54) is 0 Å². The molecule has 2 saturated heterocycles. The van der Waals surface area contributed by atoms with Gasteiger partial charge < -0.3 is 10.2 Å². The average Bonchev–Trinajstić information content (AvgIpc) is 2.75. The van der Waals surface area contributed by atoms with Crippen LogP contribution in [0.2, 0.25) is 0 Å². The van der Waals surface area contributed by atoms with E-state index in [1.54, 1.807) is 11.8 Å². The summed E-state index contributed by atoms with van der Waals surface area (Å²) in [7, 11) is -2.88. The first-order valence-corrected chi connectivity index (χ1v) is 8.93. The van der Waals surface area contributed by atoms with E-state index < -0.39 is 9.84 Å². The summed E-state index contributed by atoms with van der Waals surface area (Å²) in [6, 6.07) is 0. The normalized spacial score (nSPS) is 26.4. The number of amides is 2. The van der Waals surface area contributed by atoms with E-state index in [1.807, 2.05) is 0 Å². The van der Waals surface area contributed by atoms with Gasteiger partial charge in [-0.2, -0.15) is 0 Å². The largest absolute Gasteiger partial charge is 0.356 e. The molecule has 2 fully saturated rings. The van der Waals surface area contributed by atoms with Crippen LogP contribution >= 0.6 is 0 Å². The first kappa shape index (κ1) is 15.3. The van der Waals surface area contributed by atoms with E-state index in [-0.39, 0.29) is 35.2 Å². The predicted molar refractivity (Wildman–Crippen MR) is 74.7 cm³/mol. The van der Waals surface area contributed by atoms with Crippen LogP contribution in [0.4, 0.5) is 0 Å². The highest BCUT2D eigenvalue weighted by molar-refractivity contribution is 7.91. The van der Waals surface area contributed by atoms with Gasteiger partial charge in [-0.1, -0.05) is 0 Å². The van der Waals surface area contributed by atoms with Crippen molar-refractivity contribution in [3.63, 3.8) is 0 Å². The third-order valence-corrected chi connectivity index (χ3v) is 6.04. The lowest BCUT2D eigenvalue weighted by Gasteiger charge is -2.30. The number of hydrogen-bond acceptors (Lipinski definition) is 4. The van der Waals surface area contributed by atoms with Gasteiger partial charge in [-0.3, -0.25) is 9.59 Å². The first-order valence-electron chi connectivity index (χ1n) is 7.11. The number of nitrogens with zero attached hydrogens (tertiary/aromatic N) is 1. The molecule has 20 heavy (non-hydrogen) atoms. The lowest BCUT2D eigenvalue weighted by atomic mass is 9.95. The van der Waals surface area contributed by atoms with Crippen molar-refractivity contribution in [3.05, 3.63) is 0 Å². The number of nitrogens with one attached hydrogen (secondary N) is 1. The van der Waals surface area contributed by atoms with Crippen molar-refractivity contribution in [2.45, 2.75) is 26.2 Å². The second kappa shape index (κ2) is 6.11. The minimum Gasteiger partial charge on any atom is -0.356 e. The predicted octanol–water partition coefficient (Wildman–Crippen LogP) is -0.204. The molecule has 0 radical (unpaired) electrons. The highest BCUT2D eigenvalue weighted by Gasteiger charge is 2.30. The number of carbonyl (C=O) groups is 2. The molecule has 0 saturated carbocycles. The third kappa shape index (κ3) is 3.94. The number of piperidine rings is 1. The van der Waals surface area contributed by atoms with Crippen molar-refractivity contribution in [3.8, 4) is 0 Å². The molecule has 1 unspecified atom stereocenters. The molecule has 2 heterocycles. The number of rotatable bonds is 3. The van der Waals surface area contributed by atoms with Crippen molar-refractivity contribution in [1.82, 2.24) is 10.2 Å². The first-order chi connectivity index (χ1) is 9.37. The molecule has 2 aliphatic rings. The second-order valence-electron chi connectivity index (χ2n) is 5.79. The molecule has 7 heteroatoms. The van der Waals surface area contributed by atoms with Gasteiger partial charge in [0.1, 0.15) is 0 Å². The number of sulfone groups is 1. The molecule has 114 valence electrons. The van der Waals surface area contributed by atoms with Crippen molar-refractivity contribution in [2.75, 3.05) is 31.1 Å². The van der Waals surface area contributed by atoms with Gasteiger partial charge in [-0.15, -0.1) is 0 Å². The van der Waals surface area contributed by atoms with Gasteiger partial charge in [-0.25, -0.2) is 8.42 Å². The summed E-state index contributed by atoms with van der Waals surface area (Å²) >= 11 is 0. The lowest BCUT2D eigenvalue weighted by molar-refractivity contribution is -0.134. The number of hydrogen-bond donors (Lipinski definition) is 1. The summed E-state index contributed by atoms with van der Waals surface area (Å²) in [5.74, 6) is 0.489. The summed E-state index contributed by atoms with van der Waals surface area (Å²) in [5.41, 5.74) is 0. The molecule has 0 aliphatic carbocycles. The van der Waals surface area contributed by atoms with Gasteiger partial charge in [0.15, 0.2) is 9.84 Å². The molecular weight excluding hydrogens is 280 g/mol. The Kier molecular flexibility index (Phi) is 4.67. The van der Waals surface area contributed by atoms with E-state index in [2.05, 4.69) is 5.32 Å². The SMILES string of the molecule is CC(=O)N1CCC(C(=O)NCC2CCS(=O)(=O)C2)CC1. The summed E-state index contributed by atoms with van der Waals surface area (Å²) in [6.45, 7) is 3.25. The van der Waals surface area contributed by atoms with Crippen LogP contribution in [0.5, 0.6) is 0 Å². The topological polar surface area (TPSA) is 83.6 Å². The smallest absolute Gasteiger partial charge is 0.223 e.